The first-order valence-electron chi connectivity index (χ1n) is 5.61. The van der Waals surface area contributed by atoms with Crippen LogP contribution in [0, 0.1) is 10.1 Å². The van der Waals surface area contributed by atoms with Crippen LogP contribution in [0.3, 0.4) is 0 Å². The second-order valence-corrected chi connectivity index (χ2v) is 4.82. The fraction of sp³-hybridized carbons (Fsp3) is 0.545. The Morgan fingerprint density at radius 2 is 2.22 bits per heavy atom. The third-order valence-electron chi connectivity index (χ3n) is 2.39. The fourth-order valence-electron chi connectivity index (χ4n) is 1.44. The number of aromatic nitrogens is 1. The van der Waals surface area contributed by atoms with Crippen molar-refractivity contribution in [2.45, 2.75) is 19.4 Å². The van der Waals surface area contributed by atoms with Gasteiger partial charge in [-0.1, -0.05) is 11.6 Å². The van der Waals surface area contributed by atoms with Gasteiger partial charge in [0.25, 0.3) is 5.69 Å². The summed E-state index contributed by atoms with van der Waals surface area (Å²) in [5.41, 5.74) is -0.0580. The van der Waals surface area contributed by atoms with Gasteiger partial charge in [-0.25, -0.2) is 4.98 Å². The second kappa shape index (κ2) is 6.51. The van der Waals surface area contributed by atoms with Crippen LogP contribution in [0.15, 0.2) is 12.1 Å². The van der Waals surface area contributed by atoms with Crippen molar-refractivity contribution >= 4 is 23.1 Å². The van der Waals surface area contributed by atoms with Crippen molar-refractivity contribution in [1.29, 1.82) is 0 Å². The summed E-state index contributed by atoms with van der Waals surface area (Å²) in [5, 5.41) is 13.9. The Hall–Kier alpha value is -1.40. The van der Waals surface area contributed by atoms with Gasteiger partial charge in [-0.2, -0.15) is 0 Å². The minimum Gasteiger partial charge on any atom is -0.367 e. The van der Waals surface area contributed by atoms with E-state index in [0.29, 0.717) is 5.82 Å². The van der Waals surface area contributed by atoms with E-state index in [1.54, 1.807) is 0 Å². The zero-order chi connectivity index (χ0) is 13.7. The minimum absolute atomic E-state index is 0.0580. The predicted molar refractivity (Wildman–Crippen MR) is 72.2 cm³/mol. The van der Waals surface area contributed by atoms with E-state index in [-0.39, 0.29) is 16.9 Å². The second-order valence-electron chi connectivity index (χ2n) is 4.43. The number of rotatable bonds is 6. The number of nitrogens with zero attached hydrogens (tertiary/aromatic N) is 3. The molecule has 100 valence electrons. The summed E-state index contributed by atoms with van der Waals surface area (Å²) in [4.78, 5) is 16.3. The van der Waals surface area contributed by atoms with Crippen LogP contribution in [0.2, 0.25) is 5.15 Å². The monoisotopic (exact) mass is 272 g/mol. The van der Waals surface area contributed by atoms with Crippen molar-refractivity contribution in [2.75, 3.05) is 26.0 Å². The van der Waals surface area contributed by atoms with E-state index in [9.17, 15) is 10.1 Å². The van der Waals surface area contributed by atoms with E-state index in [4.69, 9.17) is 11.6 Å². The van der Waals surface area contributed by atoms with Gasteiger partial charge < -0.3 is 10.2 Å². The number of halogens is 1. The van der Waals surface area contributed by atoms with E-state index < -0.39 is 4.92 Å². The van der Waals surface area contributed by atoms with Crippen LogP contribution < -0.4 is 5.32 Å². The van der Waals surface area contributed by atoms with Crippen molar-refractivity contribution in [3.05, 3.63) is 27.4 Å². The van der Waals surface area contributed by atoms with Gasteiger partial charge in [0.1, 0.15) is 11.0 Å². The lowest BCUT2D eigenvalue weighted by Gasteiger charge is -2.17. The van der Waals surface area contributed by atoms with Crippen LogP contribution in [0.4, 0.5) is 11.5 Å². The molecule has 0 aromatic carbocycles. The fourth-order valence-corrected chi connectivity index (χ4v) is 1.64. The number of hydrogen-bond donors (Lipinski definition) is 1. The van der Waals surface area contributed by atoms with E-state index in [0.717, 1.165) is 13.0 Å². The average Bonchev–Trinajstić information content (AvgIpc) is 2.25. The smallest absolute Gasteiger partial charge is 0.276 e. The van der Waals surface area contributed by atoms with E-state index in [2.05, 4.69) is 15.2 Å². The number of nitro groups is 1. The Balaban J connectivity index is 2.69. The van der Waals surface area contributed by atoms with E-state index in [1.807, 2.05) is 21.0 Å². The van der Waals surface area contributed by atoms with Crippen LogP contribution in [0.1, 0.15) is 13.3 Å². The van der Waals surface area contributed by atoms with Crippen molar-refractivity contribution in [3.63, 3.8) is 0 Å². The summed E-state index contributed by atoms with van der Waals surface area (Å²) in [6, 6.07) is 2.79. The summed E-state index contributed by atoms with van der Waals surface area (Å²) in [5.74, 6) is 0.431. The molecular weight excluding hydrogens is 256 g/mol. The minimum atomic E-state index is -0.483. The van der Waals surface area contributed by atoms with Crippen LogP contribution in [-0.4, -0.2) is 41.5 Å². The quantitative estimate of drug-likeness (QED) is 0.489. The Morgan fingerprint density at radius 3 is 2.78 bits per heavy atom. The van der Waals surface area contributed by atoms with Crippen molar-refractivity contribution in [2.24, 2.45) is 0 Å². The summed E-state index contributed by atoms with van der Waals surface area (Å²) in [7, 11) is 3.99. The normalized spacial score (nSPS) is 12.5. The molecule has 18 heavy (non-hydrogen) atoms. The van der Waals surface area contributed by atoms with Crippen molar-refractivity contribution in [1.82, 2.24) is 9.88 Å². The van der Waals surface area contributed by atoms with E-state index >= 15 is 0 Å². The lowest BCUT2D eigenvalue weighted by atomic mass is 10.2. The van der Waals surface area contributed by atoms with Crippen molar-refractivity contribution in [3.8, 4) is 0 Å². The van der Waals surface area contributed by atoms with E-state index in [1.165, 1.54) is 12.1 Å². The Labute approximate surface area is 111 Å². The Kier molecular flexibility index (Phi) is 5.30. The van der Waals surface area contributed by atoms with Gasteiger partial charge in [0.2, 0.25) is 0 Å². The molecular formula is C11H17ClN4O2. The molecule has 0 aliphatic heterocycles. The highest BCUT2D eigenvalue weighted by atomic mass is 35.5. The third-order valence-corrected chi connectivity index (χ3v) is 2.59. The Bertz CT molecular complexity index is 426. The van der Waals surface area contributed by atoms with Crippen LogP contribution in [0.5, 0.6) is 0 Å². The van der Waals surface area contributed by atoms with Crippen molar-refractivity contribution < 1.29 is 4.92 Å². The molecule has 0 aliphatic rings. The molecule has 0 spiro atoms. The molecule has 1 rings (SSSR count). The van der Waals surface area contributed by atoms with Crippen LogP contribution in [-0.2, 0) is 0 Å². The van der Waals surface area contributed by atoms with Gasteiger partial charge in [0.05, 0.1) is 17.1 Å². The maximum atomic E-state index is 10.7. The number of hydrogen-bond acceptors (Lipinski definition) is 5. The molecule has 0 bridgehead atoms. The number of anilines is 1. The molecule has 6 nitrogen and oxygen atoms in total. The molecule has 0 saturated carbocycles. The van der Waals surface area contributed by atoms with Gasteiger partial charge in [-0.05, 0) is 34.0 Å². The first-order chi connectivity index (χ1) is 8.38. The van der Waals surface area contributed by atoms with Gasteiger partial charge in [0.15, 0.2) is 0 Å². The molecule has 0 saturated heterocycles. The zero-order valence-corrected chi connectivity index (χ0v) is 11.4. The SMILES string of the molecule is CC(CCN(C)C)Nc1cc([N+](=O)[O-])cc(Cl)n1. The Morgan fingerprint density at radius 1 is 1.56 bits per heavy atom. The first-order valence-corrected chi connectivity index (χ1v) is 5.99. The topological polar surface area (TPSA) is 71.3 Å². The summed E-state index contributed by atoms with van der Waals surface area (Å²) >= 11 is 5.74. The van der Waals surface area contributed by atoms with Gasteiger partial charge in [-0.15, -0.1) is 0 Å². The molecule has 0 aliphatic carbocycles. The highest BCUT2D eigenvalue weighted by molar-refractivity contribution is 6.29. The molecule has 1 atom stereocenters. The molecule has 1 aromatic heterocycles. The maximum Gasteiger partial charge on any atom is 0.276 e. The van der Waals surface area contributed by atoms with Crippen LogP contribution >= 0.6 is 11.6 Å². The van der Waals surface area contributed by atoms with Gasteiger partial charge in [0, 0.05) is 6.04 Å². The first kappa shape index (κ1) is 14.7. The predicted octanol–water partition coefficient (Wildman–Crippen LogP) is 2.40. The average molecular weight is 273 g/mol. The molecule has 1 heterocycles. The third kappa shape index (κ3) is 4.85. The molecule has 0 amide bonds. The lowest BCUT2D eigenvalue weighted by molar-refractivity contribution is -0.384. The summed E-state index contributed by atoms with van der Waals surface area (Å²) in [6.07, 6.45) is 0.912. The summed E-state index contributed by atoms with van der Waals surface area (Å²) < 4.78 is 0. The lowest BCUT2D eigenvalue weighted by Crippen LogP contribution is -2.23. The molecule has 0 fully saturated rings. The highest BCUT2D eigenvalue weighted by Crippen LogP contribution is 2.21. The summed E-state index contributed by atoms with van der Waals surface area (Å²) in [6.45, 7) is 2.93. The standard InChI is InChI=1S/C11H17ClN4O2/c1-8(4-5-15(2)3)13-11-7-9(16(17)18)6-10(12)14-11/h6-8H,4-5H2,1-3H3,(H,13,14). The molecule has 7 heteroatoms. The highest BCUT2D eigenvalue weighted by Gasteiger charge is 2.11. The molecule has 1 N–H and O–H groups in total. The molecule has 1 unspecified atom stereocenters. The zero-order valence-electron chi connectivity index (χ0n) is 10.7. The molecule has 1 aromatic rings. The maximum absolute atomic E-state index is 10.7. The number of nitrogens with one attached hydrogen (secondary N) is 1. The van der Waals surface area contributed by atoms with Crippen LogP contribution in [0.25, 0.3) is 0 Å². The largest absolute Gasteiger partial charge is 0.367 e. The molecule has 0 radical (unpaired) electrons. The van der Waals surface area contributed by atoms with Gasteiger partial charge >= 0.3 is 0 Å². The van der Waals surface area contributed by atoms with Gasteiger partial charge in [-0.3, -0.25) is 10.1 Å². The number of pyridine rings is 1.